The number of halogens is 3. The Balaban J connectivity index is 1.66. The number of nitrogens with one attached hydrogen (secondary N) is 1. The van der Waals surface area contributed by atoms with Crippen LogP contribution in [0.2, 0.25) is 0 Å². The minimum absolute atomic E-state index is 0.148. The second-order valence-corrected chi connectivity index (χ2v) is 7.52. The number of carbonyl (C=O) groups is 1. The highest BCUT2D eigenvalue weighted by molar-refractivity contribution is 5.94. The van der Waals surface area contributed by atoms with Crippen molar-refractivity contribution in [3.8, 4) is 0 Å². The maximum absolute atomic E-state index is 12.9. The highest BCUT2D eigenvalue weighted by atomic mass is 19.4. The van der Waals surface area contributed by atoms with Gasteiger partial charge in [0.15, 0.2) is 0 Å². The van der Waals surface area contributed by atoms with Gasteiger partial charge in [-0.05, 0) is 43.7 Å². The maximum Gasteiger partial charge on any atom is 0.416 e. The van der Waals surface area contributed by atoms with E-state index in [-0.39, 0.29) is 11.6 Å². The van der Waals surface area contributed by atoms with Crippen LogP contribution in [0.5, 0.6) is 0 Å². The molecule has 31 heavy (non-hydrogen) atoms. The van der Waals surface area contributed by atoms with Crippen LogP contribution in [-0.2, 0) is 11.0 Å². The van der Waals surface area contributed by atoms with Gasteiger partial charge in [-0.1, -0.05) is 12.1 Å². The number of nitro benzene ring substituents is 1. The Morgan fingerprint density at radius 1 is 1.13 bits per heavy atom. The predicted octanol–water partition coefficient (Wildman–Crippen LogP) is 4.07. The van der Waals surface area contributed by atoms with Crippen molar-refractivity contribution >= 4 is 23.0 Å². The lowest BCUT2D eigenvalue weighted by atomic mass is 10.1. The van der Waals surface area contributed by atoms with Gasteiger partial charge in [0.1, 0.15) is 5.69 Å². The first-order chi connectivity index (χ1) is 14.6. The largest absolute Gasteiger partial charge is 0.416 e. The van der Waals surface area contributed by atoms with Gasteiger partial charge in [-0.3, -0.25) is 19.8 Å². The number of alkyl halides is 3. The van der Waals surface area contributed by atoms with Gasteiger partial charge < -0.3 is 10.2 Å². The molecule has 1 aliphatic rings. The Labute approximate surface area is 177 Å². The average molecular weight is 436 g/mol. The third kappa shape index (κ3) is 5.32. The molecule has 0 aliphatic carbocycles. The number of rotatable bonds is 5. The van der Waals surface area contributed by atoms with Crippen LogP contribution in [0.4, 0.5) is 30.2 Å². The van der Waals surface area contributed by atoms with E-state index in [1.54, 1.807) is 17.9 Å². The van der Waals surface area contributed by atoms with Crippen molar-refractivity contribution in [3.63, 3.8) is 0 Å². The fraction of sp³-hybridized carbons (Fsp3) is 0.381. The van der Waals surface area contributed by atoms with Crippen LogP contribution in [0.1, 0.15) is 18.1 Å². The number of nitrogens with zero attached hydrogens (tertiary/aromatic N) is 3. The molecule has 7 nitrogen and oxygen atoms in total. The lowest BCUT2D eigenvalue weighted by molar-refractivity contribution is -0.384. The second-order valence-electron chi connectivity index (χ2n) is 7.52. The number of nitro groups is 1. The molecule has 10 heteroatoms. The number of hydrogen-bond acceptors (Lipinski definition) is 5. The summed E-state index contributed by atoms with van der Waals surface area (Å²) in [5.41, 5.74) is 0.249. The molecular weight excluding hydrogens is 413 g/mol. The number of aryl methyl sites for hydroxylation is 1. The van der Waals surface area contributed by atoms with Gasteiger partial charge in [0.05, 0.1) is 16.5 Å². The van der Waals surface area contributed by atoms with E-state index in [0.29, 0.717) is 37.9 Å². The lowest BCUT2D eigenvalue weighted by Gasteiger charge is -2.38. The number of hydrogen-bond donors (Lipinski definition) is 1. The Kier molecular flexibility index (Phi) is 6.49. The van der Waals surface area contributed by atoms with Gasteiger partial charge in [0.25, 0.3) is 5.69 Å². The molecule has 0 saturated carbocycles. The number of anilines is 2. The molecule has 0 bridgehead atoms. The molecule has 166 valence electrons. The highest BCUT2D eigenvalue weighted by Gasteiger charge is 2.34. The summed E-state index contributed by atoms with van der Waals surface area (Å²) in [5.74, 6) is -0.167. The summed E-state index contributed by atoms with van der Waals surface area (Å²) in [4.78, 5) is 26.8. The summed E-state index contributed by atoms with van der Waals surface area (Å²) in [5, 5.41) is 14.2. The molecule has 2 aromatic rings. The quantitative estimate of drug-likeness (QED) is 0.565. The molecule has 2 aromatic carbocycles. The average Bonchev–Trinajstić information content (AvgIpc) is 2.72. The van der Waals surface area contributed by atoms with E-state index in [2.05, 4.69) is 5.32 Å². The molecule has 1 aliphatic heterocycles. The third-order valence-electron chi connectivity index (χ3n) is 5.37. The number of carbonyl (C=O) groups excluding carboxylic acids is 1. The first-order valence-electron chi connectivity index (χ1n) is 9.78. The van der Waals surface area contributed by atoms with E-state index in [0.717, 1.165) is 17.7 Å². The van der Waals surface area contributed by atoms with Crippen molar-refractivity contribution in [2.45, 2.75) is 26.1 Å². The highest BCUT2D eigenvalue weighted by Crippen LogP contribution is 2.36. The normalized spacial score (nSPS) is 16.1. The zero-order chi connectivity index (χ0) is 22.8. The fourth-order valence-corrected chi connectivity index (χ4v) is 3.60. The van der Waals surface area contributed by atoms with Gasteiger partial charge in [-0.25, -0.2) is 0 Å². The molecule has 1 N–H and O–H groups in total. The van der Waals surface area contributed by atoms with Crippen molar-refractivity contribution in [1.82, 2.24) is 4.90 Å². The van der Waals surface area contributed by atoms with E-state index in [1.165, 1.54) is 0 Å². The zero-order valence-corrected chi connectivity index (χ0v) is 17.1. The molecule has 1 atom stereocenters. The molecule has 1 heterocycles. The molecule has 1 fully saturated rings. The topological polar surface area (TPSA) is 78.7 Å². The second kappa shape index (κ2) is 8.93. The third-order valence-corrected chi connectivity index (χ3v) is 5.37. The Hall–Kier alpha value is -3.14. The standard InChI is InChI=1S/C21H23F3N4O3/c1-14-4-3-5-17(12-14)25-20(29)15(2)26-8-10-27(11-9-26)18-7-6-16(21(22,23)24)13-19(18)28(30)31/h3-7,12-13,15H,8-11H2,1-2H3,(H,25,29). The van der Waals surface area contributed by atoms with Gasteiger partial charge in [-0.15, -0.1) is 0 Å². The monoisotopic (exact) mass is 436 g/mol. The Bertz CT molecular complexity index is 973. The molecule has 0 radical (unpaired) electrons. The van der Waals surface area contributed by atoms with E-state index in [9.17, 15) is 28.1 Å². The van der Waals surface area contributed by atoms with Crippen LogP contribution in [0, 0.1) is 17.0 Å². The van der Waals surface area contributed by atoms with Crippen molar-refractivity contribution in [2.75, 3.05) is 36.4 Å². The van der Waals surface area contributed by atoms with Crippen LogP contribution < -0.4 is 10.2 Å². The molecule has 1 unspecified atom stereocenters. The molecule has 0 aromatic heterocycles. The van der Waals surface area contributed by atoms with Crippen LogP contribution in [0.15, 0.2) is 42.5 Å². The number of benzene rings is 2. The van der Waals surface area contributed by atoms with Gasteiger partial charge >= 0.3 is 6.18 Å². The van der Waals surface area contributed by atoms with E-state index in [4.69, 9.17) is 0 Å². The summed E-state index contributed by atoms with van der Waals surface area (Å²) < 4.78 is 38.8. The van der Waals surface area contributed by atoms with Crippen LogP contribution in [0.3, 0.4) is 0 Å². The molecular formula is C21H23F3N4O3. The van der Waals surface area contributed by atoms with Crippen LogP contribution in [-0.4, -0.2) is 48.0 Å². The first-order valence-corrected chi connectivity index (χ1v) is 9.78. The van der Waals surface area contributed by atoms with E-state index in [1.807, 2.05) is 30.0 Å². The van der Waals surface area contributed by atoms with Crippen molar-refractivity contribution in [1.29, 1.82) is 0 Å². The van der Waals surface area contributed by atoms with Crippen LogP contribution >= 0.6 is 0 Å². The van der Waals surface area contributed by atoms with Crippen molar-refractivity contribution < 1.29 is 22.9 Å². The Morgan fingerprint density at radius 3 is 2.39 bits per heavy atom. The van der Waals surface area contributed by atoms with E-state index < -0.39 is 28.4 Å². The SMILES string of the molecule is Cc1cccc(NC(=O)C(C)N2CCN(c3ccc(C(F)(F)F)cc3[N+](=O)[O-])CC2)c1. The summed E-state index contributed by atoms with van der Waals surface area (Å²) in [6.07, 6.45) is -4.65. The molecule has 3 rings (SSSR count). The Morgan fingerprint density at radius 2 is 1.81 bits per heavy atom. The smallest absolute Gasteiger partial charge is 0.363 e. The summed E-state index contributed by atoms with van der Waals surface area (Å²) in [6.45, 7) is 5.31. The summed E-state index contributed by atoms with van der Waals surface area (Å²) >= 11 is 0. The zero-order valence-electron chi connectivity index (χ0n) is 17.1. The molecule has 1 amide bonds. The molecule has 1 saturated heterocycles. The fourth-order valence-electron chi connectivity index (χ4n) is 3.60. The van der Waals surface area contributed by atoms with Gasteiger partial charge in [0, 0.05) is 37.9 Å². The first kappa shape index (κ1) is 22.5. The van der Waals surface area contributed by atoms with E-state index >= 15 is 0 Å². The number of piperazine rings is 1. The minimum Gasteiger partial charge on any atom is -0.363 e. The number of amides is 1. The van der Waals surface area contributed by atoms with Gasteiger partial charge in [0.2, 0.25) is 5.91 Å². The maximum atomic E-state index is 12.9. The minimum atomic E-state index is -4.65. The summed E-state index contributed by atoms with van der Waals surface area (Å²) in [6, 6.07) is 9.59. The predicted molar refractivity (Wildman–Crippen MR) is 111 cm³/mol. The van der Waals surface area contributed by atoms with Gasteiger partial charge in [-0.2, -0.15) is 13.2 Å². The van der Waals surface area contributed by atoms with Crippen molar-refractivity contribution in [2.24, 2.45) is 0 Å². The summed E-state index contributed by atoms with van der Waals surface area (Å²) in [7, 11) is 0. The van der Waals surface area contributed by atoms with Crippen LogP contribution in [0.25, 0.3) is 0 Å². The van der Waals surface area contributed by atoms with Crippen molar-refractivity contribution in [3.05, 3.63) is 63.7 Å². The molecule has 0 spiro atoms. The lowest BCUT2D eigenvalue weighted by Crippen LogP contribution is -2.53.